The van der Waals surface area contributed by atoms with Crippen LogP contribution in [0, 0.1) is 0 Å². The zero-order chi connectivity index (χ0) is 0. The van der Waals surface area contributed by atoms with Gasteiger partial charge in [-0.15, -0.1) is 0 Å². The van der Waals surface area contributed by atoms with Gasteiger partial charge in [0.2, 0.25) is 0 Å². The summed E-state index contributed by atoms with van der Waals surface area (Å²) in [5.74, 6) is 0. The summed E-state index contributed by atoms with van der Waals surface area (Å²) in [5, 5.41) is 0. The fourth-order valence-electron chi connectivity index (χ4n) is 0. The van der Waals surface area contributed by atoms with Gasteiger partial charge in [-0.05, 0) is 0 Å². The zero-order valence-corrected chi connectivity index (χ0v) is 6.59. The molecule has 0 aromatic rings. The Bertz CT molecular complexity index is 7.51. The Kier molecular flexibility index (Phi) is 3810. The molecule has 0 radical (unpaired) electrons. The van der Waals surface area contributed by atoms with E-state index in [-0.39, 0.29) is 63.4 Å². The normalized spacial score (nSPS) is 0. The Morgan fingerprint density at radius 3 is 0.500 bits per heavy atom. The van der Waals surface area contributed by atoms with Crippen molar-refractivity contribution in [3.63, 3.8) is 0 Å². The average molecular weight is 302 g/mol. The predicted molar refractivity (Wildman–Crippen MR) is 2.75 cm³/mol. The van der Waals surface area contributed by atoms with Crippen LogP contribution in [-0.4, -0.2) is 0 Å². The van der Waals surface area contributed by atoms with Gasteiger partial charge in [-0.1, -0.05) is 0 Å². The van der Waals surface area contributed by atoms with Crippen molar-refractivity contribution in [3.05, 3.63) is 0 Å². The largest absolute Gasteiger partial charge is 4.00 e. The minimum Gasteiger partial charge on any atom is -2.00 e. The molecule has 0 unspecified atom stereocenters. The van der Waals surface area contributed by atoms with Crippen LogP contribution in [0.25, 0.3) is 0 Å². The molecule has 6 heavy (non-hydrogen) atoms. The third kappa shape index (κ3) is 64.3. The molecule has 36 valence electrons. The zero-order valence-electron chi connectivity index (χ0n) is 2.49. The molecule has 0 heterocycles. The summed E-state index contributed by atoms with van der Waals surface area (Å²) < 4.78 is 0. The van der Waals surface area contributed by atoms with Crippen molar-refractivity contribution in [2.75, 3.05) is 0 Å². The third-order valence-corrected chi connectivity index (χ3v) is 0. The minimum atomic E-state index is 0. The smallest absolute Gasteiger partial charge is 2.00 e. The van der Waals surface area contributed by atoms with Crippen molar-refractivity contribution >= 4 is 0 Å². The maximum atomic E-state index is 0. The molecule has 0 fully saturated rings. The van der Waals surface area contributed by atoms with E-state index < -0.39 is 0 Å². The predicted octanol–water partition coefficient (Wildman–Crippen LogP) is -0.480. The van der Waals surface area contributed by atoms with Gasteiger partial charge in [0, 0.05) is 0 Å². The molecule has 0 saturated heterocycles. The van der Waals surface area contributed by atoms with E-state index in [0.717, 1.165) is 0 Å². The SMILES string of the molecule is [O-2].[O-2].[O-2].[O-2].[Os+4].[Ti+4]. The van der Waals surface area contributed by atoms with Gasteiger partial charge in [-0.3, -0.25) is 0 Å². The van der Waals surface area contributed by atoms with Crippen LogP contribution in [0.5, 0.6) is 0 Å². The molecule has 0 bridgehead atoms. The molecule has 0 aromatic carbocycles. The molecule has 0 aromatic heterocycles. The van der Waals surface area contributed by atoms with Gasteiger partial charge in [-0.2, -0.15) is 0 Å². The summed E-state index contributed by atoms with van der Waals surface area (Å²) in [6.45, 7) is 0. The summed E-state index contributed by atoms with van der Waals surface area (Å²) in [5.41, 5.74) is 0. The van der Waals surface area contributed by atoms with Crippen LogP contribution in [-0.2, 0) is 63.4 Å². The van der Waals surface area contributed by atoms with Gasteiger partial charge in [0.1, 0.15) is 0 Å². The van der Waals surface area contributed by atoms with E-state index >= 15 is 0 Å². The molecule has 6 heteroatoms. The number of hydrogen-bond donors (Lipinski definition) is 0. The van der Waals surface area contributed by atoms with Crippen LogP contribution < -0.4 is 0 Å². The molecular weight excluding hydrogens is 302 g/mol. The molecule has 0 atom stereocenters. The van der Waals surface area contributed by atoms with Gasteiger partial charge < -0.3 is 21.9 Å². The average Bonchev–Trinajstić information content (AvgIpc) is 0. The molecule has 0 aliphatic heterocycles. The van der Waals surface area contributed by atoms with E-state index in [1.165, 1.54) is 0 Å². The Balaban J connectivity index is 0. The molecule has 4 nitrogen and oxygen atoms in total. The summed E-state index contributed by atoms with van der Waals surface area (Å²) >= 11 is 0. The van der Waals surface area contributed by atoms with Crippen molar-refractivity contribution in [2.24, 2.45) is 0 Å². The van der Waals surface area contributed by atoms with E-state index in [1.54, 1.807) is 0 Å². The molecular formula is O4OsTi. The molecule has 0 amide bonds. The maximum absolute atomic E-state index is 0. The number of hydrogen-bond acceptors (Lipinski definition) is 0. The monoisotopic (exact) mass is 304 g/mol. The Morgan fingerprint density at radius 2 is 0.500 bits per heavy atom. The molecule has 0 aliphatic carbocycles. The van der Waals surface area contributed by atoms with E-state index in [0.29, 0.717) is 0 Å². The Hall–Kier alpha value is 1.19. The molecule has 0 N–H and O–H groups in total. The molecule has 0 aliphatic rings. The van der Waals surface area contributed by atoms with E-state index in [9.17, 15) is 0 Å². The van der Waals surface area contributed by atoms with E-state index in [2.05, 4.69) is 0 Å². The van der Waals surface area contributed by atoms with Crippen molar-refractivity contribution in [2.45, 2.75) is 0 Å². The van der Waals surface area contributed by atoms with Crippen LogP contribution in [0.2, 0.25) is 0 Å². The van der Waals surface area contributed by atoms with Crippen LogP contribution in [0.3, 0.4) is 0 Å². The van der Waals surface area contributed by atoms with Crippen LogP contribution in [0.15, 0.2) is 0 Å². The van der Waals surface area contributed by atoms with E-state index in [1.807, 2.05) is 0 Å². The first-order valence-corrected chi connectivity index (χ1v) is 0. The van der Waals surface area contributed by atoms with Gasteiger partial charge in [-0.25, -0.2) is 0 Å². The second kappa shape index (κ2) is 118. The third-order valence-electron chi connectivity index (χ3n) is 0. The second-order valence-electron chi connectivity index (χ2n) is 0. The van der Waals surface area contributed by atoms with E-state index in [4.69, 9.17) is 0 Å². The Morgan fingerprint density at radius 1 is 0.500 bits per heavy atom. The standard InChI is InChI=1S/4O.Os.Ti/q4*-2;2*+4. The van der Waals surface area contributed by atoms with Gasteiger partial charge in [0.25, 0.3) is 0 Å². The maximum Gasteiger partial charge on any atom is 4.00 e. The van der Waals surface area contributed by atoms with Crippen molar-refractivity contribution < 1.29 is 63.4 Å². The van der Waals surface area contributed by atoms with Gasteiger partial charge >= 0.3 is 41.5 Å². The van der Waals surface area contributed by atoms with Crippen molar-refractivity contribution in [1.82, 2.24) is 0 Å². The summed E-state index contributed by atoms with van der Waals surface area (Å²) in [7, 11) is 0. The van der Waals surface area contributed by atoms with Crippen molar-refractivity contribution in [1.29, 1.82) is 0 Å². The minimum absolute atomic E-state index is 0. The van der Waals surface area contributed by atoms with Gasteiger partial charge in [0.15, 0.2) is 0 Å². The molecule has 0 rings (SSSR count). The van der Waals surface area contributed by atoms with Crippen LogP contribution >= 0.6 is 0 Å². The fourth-order valence-corrected chi connectivity index (χ4v) is 0. The molecule has 0 spiro atoms. The van der Waals surface area contributed by atoms with Crippen LogP contribution in [0.4, 0.5) is 0 Å². The fraction of sp³-hybridized carbons (Fsp3) is 0. The Labute approximate surface area is 63.5 Å². The second-order valence-corrected chi connectivity index (χ2v) is 0. The first-order valence-electron chi connectivity index (χ1n) is 0. The summed E-state index contributed by atoms with van der Waals surface area (Å²) in [4.78, 5) is 0. The van der Waals surface area contributed by atoms with Gasteiger partial charge in [0.05, 0.1) is 0 Å². The summed E-state index contributed by atoms with van der Waals surface area (Å²) in [6.07, 6.45) is 0. The topological polar surface area (TPSA) is 114 Å². The molecule has 0 saturated carbocycles. The quantitative estimate of drug-likeness (QED) is 0.538. The van der Waals surface area contributed by atoms with Crippen LogP contribution in [0.1, 0.15) is 0 Å². The first kappa shape index (κ1) is 194. The number of rotatable bonds is 0. The first-order chi connectivity index (χ1) is 0. The van der Waals surface area contributed by atoms with Crippen molar-refractivity contribution in [3.8, 4) is 0 Å². The summed E-state index contributed by atoms with van der Waals surface area (Å²) in [6, 6.07) is 0.